The third-order valence-electron chi connectivity index (χ3n) is 5.40. The molecule has 0 radical (unpaired) electrons. The Morgan fingerprint density at radius 1 is 1.50 bits per heavy atom. The van der Waals surface area contributed by atoms with E-state index < -0.39 is 30.0 Å². The molecule has 1 aliphatic heterocycles. The summed E-state index contributed by atoms with van der Waals surface area (Å²) in [4.78, 5) is 12.5. The average molecular weight is 354 g/mol. The fraction of sp³-hybridized carbons (Fsp3) is 0.667. The van der Waals surface area contributed by atoms with Crippen LogP contribution in [-0.2, 0) is 9.47 Å². The van der Waals surface area contributed by atoms with Gasteiger partial charge in [0.05, 0.1) is 27.8 Å². The lowest BCUT2D eigenvalue weighted by Crippen LogP contribution is -2.33. The summed E-state index contributed by atoms with van der Waals surface area (Å²) in [7, 11) is 0. The van der Waals surface area contributed by atoms with Crippen LogP contribution in [0.25, 0.3) is 11.2 Å². The number of nitrogens with two attached hydrogens (primary N) is 1. The molecule has 2 aliphatic carbocycles. The van der Waals surface area contributed by atoms with Crippen LogP contribution in [0.4, 0.5) is 5.82 Å². The van der Waals surface area contributed by atoms with Crippen molar-refractivity contribution in [2.75, 3.05) is 12.3 Å². The summed E-state index contributed by atoms with van der Waals surface area (Å²) < 4.78 is 29.9. The van der Waals surface area contributed by atoms with E-state index in [2.05, 4.69) is 15.0 Å². The molecule has 24 heavy (non-hydrogen) atoms. The molecule has 0 spiro atoms. The average Bonchev–Trinajstić information content (AvgIpc) is 2.84. The largest absolute Gasteiger partial charge is 0.396 e. The molecule has 1 unspecified atom stereocenters. The van der Waals surface area contributed by atoms with Crippen molar-refractivity contribution in [3.8, 4) is 0 Å². The number of hydrogen-bond donors (Lipinski definition) is 2. The van der Waals surface area contributed by atoms with E-state index >= 15 is 0 Å². The minimum Gasteiger partial charge on any atom is -0.396 e. The minimum absolute atomic E-state index is 0.00904. The SMILES string of the molecule is [2H]C([2H])(O)C12C[C@@H]1[C@@H](n1cnc3c(N)nc(Cl)nc31)[C@@H]1OC(C)(C)O[C@@H]12. The molecular formula is C15H18ClN5O3. The number of aliphatic hydroxyl groups is 1. The summed E-state index contributed by atoms with van der Waals surface area (Å²) >= 11 is 5.96. The number of ether oxygens (including phenoxy) is 2. The van der Waals surface area contributed by atoms with Crippen molar-refractivity contribution in [2.24, 2.45) is 11.3 Å². The first-order valence-electron chi connectivity index (χ1n) is 8.79. The highest BCUT2D eigenvalue weighted by atomic mass is 35.5. The molecule has 3 N–H and O–H groups in total. The summed E-state index contributed by atoms with van der Waals surface area (Å²) in [5.41, 5.74) is 5.76. The molecule has 0 aromatic carbocycles. The monoisotopic (exact) mass is 353 g/mol. The maximum atomic E-state index is 10.3. The molecule has 9 heteroatoms. The molecule has 8 nitrogen and oxygen atoms in total. The summed E-state index contributed by atoms with van der Waals surface area (Å²) in [6, 6.07) is -0.306. The molecule has 3 heterocycles. The standard InChI is InChI=1S/C15H18ClN5O3/c1-14(2)23-9-8(6-3-15(6,4-22)10(9)24-14)21-5-18-7-11(17)19-13(16)20-12(7)21/h5-6,8-10,22H,3-4H2,1-2H3,(H2,17,19,20)/t6-,8-,9+,10+,15?/m1/s1/i4D2. The van der Waals surface area contributed by atoms with Crippen molar-refractivity contribution in [2.45, 2.75) is 44.3 Å². The molecule has 128 valence electrons. The second-order valence-corrected chi connectivity index (χ2v) is 7.51. The van der Waals surface area contributed by atoms with E-state index in [9.17, 15) is 5.11 Å². The maximum absolute atomic E-state index is 10.3. The smallest absolute Gasteiger partial charge is 0.226 e. The number of imidazole rings is 1. The lowest BCUT2D eigenvalue weighted by Gasteiger charge is -2.24. The van der Waals surface area contributed by atoms with Gasteiger partial charge in [0, 0.05) is 5.41 Å². The minimum atomic E-state index is -2.39. The van der Waals surface area contributed by atoms with Gasteiger partial charge in [0.2, 0.25) is 5.28 Å². The molecule has 5 atom stereocenters. The van der Waals surface area contributed by atoms with Gasteiger partial charge in [0.25, 0.3) is 0 Å². The molecule has 5 rings (SSSR count). The van der Waals surface area contributed by atoms with Gasteiger partial charge in [-0.15, -0.1) is 0 Å². The quantitative estimate of drug-likeness (QED) is 0.779. The zero-order valence-corrected chi connectivity index (χ0v) is 13.9. The highest BCUT2D eigenvalue weighted by molar-refractivity contribution is 6.28. The molecular weight excluding hydrogens is 334 g/mol. The second kappa shape index (κ2) is 4.37. The van der Waals surface area contributed by atoms with Gasteiger partial charge in [-0.25, -0.2) is 4.98 Å². The Labute approximate surface area is 145 Å². The highest BCUT2D eigenvalue weighted by Crippen LogP contribution is 2.71. The van der Waals surface area contributed by atoms with Gasteiger partial charge in [-0.3, -0.25) is 0 Å². The number of fused-ring (bicyclic) bond motifs is 4. The van der Waals surface area contributed by atoms with Crippen LogP contribution >= 0.6 is 11.6 Å². The van der Waals surface area contributed by atoms with Gasteiger partial charge in [-0.1, -0.05) is 0 Å². The number of rotatable bonds is 2. The molecule has 2 aromatic rings. The van der Waals surface area contributed by atoms with Crippen LogP contribution in [0, 0.1) is 11.3 Å². The van der Waals surface area contributed by atoms with Crippen LogP contribution in [0.15, 0.2) is 6.33 Å². The first-order valence-corrected chi connectivity index (χ1v) is 8.16. The van der Waals surface area contributed by atoms with Crippen molar-refractivity contribution < 1.29 is 17.3 Å². The zero-order valence-electron chi connectivity index (χ0n) is 15.1. The predicted molar refractivity (Wildman–Crippen MR) is 85.2 cm³/mol. The summed E-state index contributed by atoms with van der Waals surface area (Å²) in [5.74, 6) is -0.876. The van der Waals surface area contributed by atoms with E-state index in [1.54, 1.807) is 24.7 Å². The first-order chi connectivity index (χ1) is 12.1. The first kappa shape index (κ1) is 12.8. The number of hydrogen-bond acceptors (Lipinski definition) is 7. The van der Waals surface area contributed by atoms with Crippen LogP contribution in [0.5, 0.6) is 0 Å². The maximum Gasteiger partial charge on any atom is 0.226 e. The van der Waals surface area contributed by atoms with Gasteiger partial charge < -0.3 is 24.9 Å². The number of nitrogen functional groups attached to an aromatic ring is 1. The predicted octanol–water partition coefficient (Wildman–Crippen LogP) is 1.14. The van der Waals surface area contributed by atoms with Gasteiger partial charge >= 0.3 is 0 Å². The molecule has 1 saturated heterocycles. The Balaban J connectivity index is 1.67. The van der Waals surface area contributed by atoms with E-state index in [0.29, 0.717) is 17.6 Å². The Morgan fingerprint density at radius 3 is 3.04 bits per heavy atom. The fourth-order valence-electron chi connectivity index (χ4n) is 4.40. The number of anilines is 1. The lowest BCUT2D eigenvalue weighted by molar-refractivity contribution is -0.163. The highest BCUT2D eigenvalue weighted by Gasteiger charge is 2.75. The van der Waals surface area contributed by atoms with Gasteiger partial charge in [0.15, 0.2) is 17.3 Å². The second-order valence-electron chi connectivity index (χ2n) is 7.18. The number of aromatic nitrogens is 4. The van der Waals surface area contributed by atoms with Crippen molar-refractivity contribution in [3.63, 3.8) is 0 Å². The van der Waals surface area contributed by atoms with Crippen molar-refractivity contribution in [1.29, 1.82) is 0 Å². The summed E-state index contributed by atoms with van der Waals surface area (Å²) in [5, 5.41) is 10.3. The topological polar surface area (TPSA) is 108 Å². The van der Waals surface area contributed by atoms with Gasteiger partial charge in [-0.05, 0) is 37.8 Å². The number of nitrogens with zero attached hydrogens (tertiary/aromatic N) is 4. The Hall–Kier alpha value is -1.48. The van der Waals surface area contributed by atoms with Crippen LogP contribution in [0.2, 0.25) is 5.28 Å². The Morgan fingerprint density at radius 2 is 2.29 bits per heavy atom. The van der Waals surface area contributed by atoms with E-state index in [-0.39, 0.29) is 23.1 Å². The lowest BCUT2D eigenvalue weighted by atomic mass is 10.0. The van der Waals surface area contributed by atoms with Crippen LogP contribution in [-0.4, -0.2) is 49.2 Å². The number of halogens is 1. The van der Waals surface area contributed by atoms with E-state index in [1.165, 1.54) is 0 Å². The van der Waals surface area contributed by atoms with Crippen molar-refractivity contribution in [1.82, 2.24) is 19.5 Å². The molecule has 2 saturated carbocycles. The normalized spacial score (nSPS) is 41.0. The third-order valence-corrected chi connectivity index (χ3v) is 5.56. The van der Waals surface area contributed by atoms with E-state index in [0.717, 1.165) is 0 Å². The van der Waals surface area contributed by atoms with Crippen LogP contribution in [0.1, 0.15) is 29.1 Å². The van der Waals surface area contributed by atoms with Crippen LogP contribution in [0.3, 0.4) is 0 Å². The van der Waals surface area contributed by atoms with Gasteiger partial charge in [0.1, 0.15) is 11.6 Å². The molecule has 3 aliphatic rings. The molecule has 0 bridgehead atoms. The molecule has 3 fully saturated rings. The van der Waals surface area contributed by atoms with Crippen molar-refractivity contribution >= 4 is 28.6 Å². The van der Waals surface area contributed by atoms with E-state index in [4.69, 9.17) is 29.5 Å². The summed E-state index contributed by atoms with van der Waals surface area (Å²) in [6.07, 6.45) is 1.05. The molecule has 2 aromatic heterocycles. The Bertz CT molecular complexity index is 932. The van der Waals surface area contributed by atoms with Crippen LogP contribution < -0.4 is 5.73 Å². The third kappa shape index (κ3) is 1.72. The van der Waals surface area contributed by atoms with Gasteiger partial charge in [-0.2, -0.15) is 9.97 Å². The fourth-order valence-corrected chi connectivity index (χ4v) is 4.57. The van der Waals surface area contributed by atoms with E-state index in [1.807, 2.05) is 0 Å². The Kier molecular flexibility index (Phi) is 2.34. The summed E-state index contributed by atoms with van der Waals surface area (Å²) in [6.45, 7) is 1.17. The van der Waals surface area contributed by atoms with Crippen molar-refractivity contribution in [3.05, 3.63) is 11.6 Å². The zero-order chi connectivity index (χ0) is 18.6. The molecule has 0 amide bonds.